The highest BCUT2D eigenvalue weighted by Gasteiger charge is 2.19. The van der Waals surface area contributed by atoms with Crippen LogP contribution in [0.25, 0.3) is 5.65 Å². The molecule has 0 spiro atoms. The number of hydrogen-bond acceptors (Lipinski definition) is 5. The first-order valence-electron chi connectivity index (χ1n) is 8.29. The number of carbonyl (C=O) groups excluding carboxylic acids is 1. The molecule has 26 heavy (non-hydrogen) atoms. The highest BCUT2D eigenvalue weighted by molar-refractivity contribution is 9.10. The number of rotatable bonds is 4. The van der Waals surface area contributed by atoms with Gasteiger partial charge in [0.05, 0.1) is 12.5 Å². The molecule has 0 bridgehead atoms. The summed E-state index contributed by atoms with van der Waals surface area (Å²) < 4.78 is 13.8. The normalized spacial score (nSPS) is 14.2. The van der Waals surface area contributed by atoms with Gasteiger partial charge in [0.25, 0.3) is 0 Å². The molecule has 2 aromatic heterocycles. The third-order valence-electron chi connectivity index (χ3n) is 4.17. The van der Waals surface area contributed by atoms with Gasteiger partial charge in [-0.1, -0.05) is 22.0 Å². The zero-order chi connectivity index (χ0) is 18.1. The standard InChI is InChI=1S/C18H17BrN4O3/c1-11(18-22-21-16-4-2-3-5-23(16)18)20-17(24)9-12-8-14-15(10-13(12)19)26-7-6-25-14/h2-5,8,10-11H,6-7,9H2,1H3,(H,20,24). The van der Waals surface area contributed by atoms with Crippen molar-refractivity contribution in [2.24, 2.45) is 0 Å². The molecule has 1 aliphatic heterocycles. The van der Waals surface area contributed by atoms with Crippen molar-refractivity contribution < 1.29 is 14.3 Å². The fourth-order valence-corrected chi connectivity index (χ4v) is 3.39. The van der Waals surface area contributed by atoms with Crippen LogP contribution in [0.5, 0.6) is 11.5 Å². The molecule has 1 aliphatic rings. The van der Waals surface area contributed by atoms with Gasteiger partial charge in [-0.3, -0.25) is 9.20 Å². The van der Waals surface area contributed by atoms with Crippen LogP contribution in [0.1, 0.15) is 24.4 Å². The Hall–Kier alpha value is -2.61. The largest absolute Gasteiger partial charge is 0.486 e. The fourth-order valence-electron chi connectivity index (χ4n) is 2.93. The highest BCUT2D eigenvalue weighted by Crippen LogP contribution is 2.35. The molecule has 1 atom stereocenters. The summed E-state index contributed by atoms with van der Waals surface area (Å²) in [6.07, 6.45) is 2.10. The van der Waals surface area contributed by atoms with Crippen molar-refractivity contribution in [1.29, 1.82) is 0 Å². The molecule has 134 valence electrons. The molecule has 0 aliphatic carbocycles. The Labute approximate surface area is 158 Å². The van der Waals surface area contributed by atoms with E-state index in [1.807, 2.05) is 47.9 Å². The maximum atomic E-state index is 12.5. The molecular formula is C18H17BrN4O3. The number of fused-ring (bicyclic) bond motifs is 2. The summed E-state index contributed by atoms with van der Waals surface area (Å²) >= 11 is 3.50. The predicted octanol–water partition coefficient (Wildman–Crippen LogP) is 2.68. The number of aromatic nitrogens is 3. The second kappa shape index (κ2) is 6.95. The summed E-state index contributed by atoms with van der Waals surface area (Å²) in [5.74, 6) is 1.94. The molecule has 3 aromatic rings. The first kappa shape index (κ1) is 16.8. The molecule has 8 heteroatoms. The van der Waals surface area contributed by atoms with Crippen molar-refractivity contribution >= 4 is 27.5 Å². The van der Waals surface area contributed by atoms with Gasteiger partial charge in [0.1, 0.15) is 13.2 Å². The second-order valence-electron chi connectivity index (χ2n) is 6.04. The fraction of sp³-hybridized carbons (Fsp3) is 0.278. The van der Waals surface area contributed by atoms with Crippen LogP contribution in [0.15, 0.2) is 41.0 Å². The van der Waals surface area contributed by atoms with Gasteiger partial charge in [-0.15, -0.1) is 10.2 Å². The van der Waals surface area contributed by atoms with E-state index in [1.165, 1.54) is 0 Å². The quantitative estimate of drug-likeness (QED) is 0.707. The first-order valence-corrected chi connectivity index (χ1v) is 9.08. The van der Waals surface area contributed by atoms with Gasteiger partial charge in [0.15, 0.2) is 23.0 Å². The van der Waals surface area contributed by atoms with Gasteiger partial charge in [-0.05, 0) is 36.8 Å². The number of halogens is 1. The maximum absolute atomic E-state index is 12.5. The van der Waals surface area contributed by atoms with Crippen molar-refractivity contribution in [2.45, 2.75) is 19.4 Å². The number of ether oxygens (including phenoxy) is 2. The number of hydrogen-bond donors (Lipinski definition) is 1. The molecule has 3 heterocycles. The number of nitrogens with zero attached hydrogens (tertiary/aromatic N) is 3. The molecule has 1 unspecified atom stereocenters. The van der Waals surface area contributed by atoms with E-state index in [0.29, 0.717) is 30.5 Å². The van der Waals surface area contributed by atoms with Crippen LogP contribution in [0.3, 0.4) is 0 Å². The number of benzene rings is 1. The Bertz CT molecular complexity index is 972. The minimum absolute atomic E-state index is 0.109. The third kappa shape index (κ3) is 3.24. The molecule has 0 saturated heterocycles. The van der Waals surface area contributed by atoms with Crippen LogP contribution in [-0.4, -0.2) is 33.7 Å². The van der Waals surface area contributed by atoms with Crippen LogP contribution in [0.2, 0.25) is 0 Å². The number of pyridine rings is 1. The molecule has 0 fully saturated rings. The molecule has 1 amide bonds. The average Bonchev–Trinajstić information content (AvgIpc) is 3.06. The lowest BCUT2D eigenvalue weighted by Crippen LogP contribution is -2.29. The summed E-state index contributed by atoms with van der Waals surface area (Å²) in [7, 11) is 0. The monoisotopic (exact) mass is 416 g/mol. The van der Waals surface area contributed by atoms with E-state index in [9.17, 15) is 4.79 Å². The summed E-state index contributed by atoms with van der Waals surface area (Å²) in [6.45, 7) is 2.93. The molecule has 0 saturated carbocycles. The van der Waals surface area contributed by atoms with Gasteiger partial charge in [-0.25, -0.2) is 0 Å². The van der Waals surface area contributed by atoms with E-state index in [2.05, 4.69) is 31.4 Å². The zero-order valence-corrected chi connectivity index (χ0v) is 15.7. The molecule has 1 aromatic carbocycles. The summed E-state index contributed by atoms with van der Waals surface area (Å²) in [6, 6.07) is 9.09. The summed E-state index contributed by atoms with van der Waals surface area (Å²) in [5, 5.41) is 11.3. The Kier molecular flexibility index (Phi) is 4.50. The lowest BCUT2D eigenvalue weighted by atomic mass is 10.1. The number of nitrogens with one attached hydrogen (secondary N) is 1. The lowest BCUT2D eigenvalue weighted by Gasteiger charge is -2.20. The number of carbonyl (C=O) groups is 1. The number of amides is 1. The van der Waals surface area contributed by atoms with Crippen molar-refractivity contribution in [1.82, 2.24) is 19.9 Å². The van der Waals surface area contributed by atoms with Gasteiger partial charge in [0, 0.05) is 10.7 Å². The molecular weight excluding hydrogens is 400 g/mol. The van der Waals surface area contributed by atoms with E-state index in [0.717, 1.165) is 15.7 Å². The Morgan fingerprint density at radius 3 is 2.85 bits per heavy atom. The van der Waals surface area contributed by atoms with Crippen LogP contribution in [0, 0.1) is 0 Å². The minimum atomic E-state index is -0.268. The van der Waals surface area contributed by atoms with E-state index in [1.54, 1.807) is 0 Å². The van der Waals surface area contributed by atoms with Crippen molar-refractivity contribution in [3.63, 3.8) is 0 Å². The SMILES string of the molecule is CC(NC(=O)Cc1cc2c(cc1Br)OCCO2)c1nnc2ccccn12. The van der Waals surface area contributed by atoms with Crippen molar-refractivity contribution in [2.75, 3.05) is 13.2 Å². The first-order chi connectivity index (χ1) is 12.6. The van der Waals surface area contributed by atoms with Gasteiger partial charge >= 0.3 is 0 Å². The Balaban J connectivity index is 1.48. The van der Waals surface area contributed by atoms with Gasteiger partial charge < -0.3 is 14.8 Å². The lowest BCUT2D eigenvalue weighted by molar-refractivity contribution is -0.121. The van der Waals surface area contributed by atoms with E-state index in [4.69, 9.17) is 9.47 Å². The third-order valence-corrected chi connectivity index (χ3v) is 4.91. The molecule has 0 radical (unpaired) electrons. The van der Waals surface area contributed by atoms with Crippen LogP contribution >= 0.6 is 15.9 Å². The topological polar surface area (TPSA) is 77.8 Å². The van der Waals surface area contributed by atoms with E-state index < -0.39 is 0 Å². The zero-order valence-electron chi connectivity index (χ0n) is 14.1. The van der Waals surface area contributed by atoms with E-state index in [-0.39, 0.29) is 18.4 Å². The molecule has 4 rings (SSSR count). The smallest absolute Gasteiger partial charge is 0.225 e. The minimum Gasteiger partial charge on any atom is -0.486 e. The highest BCUT2D eigenvalue weighted by atomic mass is 79.9. The van der Waals surface area contributed by atoms with Gasteiger partial charge in [-0.2, -0.15) is 0 Å². The average molecular weight is 417 g/mol. The molecule has 7 nitrogen and oxygen atoms in total. The van der Waals surface area contributed by atoms with Crippen molar-refractivity contribution in [3.05, 3.63) is 52.4 Å². The molecule has 1 N–H and O–H groups in total. The van der Waals surface area contributed by atoms with E-state index >= 15 is 0 Å². The second-order valence-corrected chi connectivity index (χ2v) is 6.89. The van der Waals surface area contributed by atoms with Crippen LogP contribution < -0.4 is 14.8 Å². The predicted molar refractivity (Wildman–Crippen MR) is 98.4 cm³/mol. The summed E-state index contributed by atoms with van der Waals surface area (Å²) in [5.41, 5.74) is 1.59. The Morgan fingerprint density at radius 1 is 1.27 bits per heavy atom. The van der Waals surface area contributed by atoms with Gasteiger partial charge in [0.2, 0.25) is 5.91 Å². The maximum Gasteiger partial charge on any atom is 0.225 e. The van der Waals surface area contributed by atoms with Crippen LogP contribution in [0.4, 0.5) is 0 Å². The van der Waals surface area contributed by atoms with Crippen LogP contribution in [-0.2, 0) is 11.2 Å². The summed E-state index contributed by atoms with van der Waals surface area (Å²) in [4.78, 5) is 12.5. The van der Waals surface area contributed by atoms with Crippen molar-refractivity contribution in [3.8, 4) is 11.5 Å². The Morgan fingerprint density at radius 2 is 2.04 bits per heavy atom.